The molecule has 2 N–H and O–H groups in total. The molecular weight excluding hydrogens is 328 g/mol. The van der Waals surface area contributed by atoms with Crippen LogP contribution in [0.1, 0.15) is 38.7 Å². The van der Waals surface area contributed by atoms with Crippen molar-refractivity contribution in [1.82, 2.24) is 15.5 Å². The van der Waals surface area contributed by atoms with E-state index in [4.69, 9.17) is 14.5 Å². The third kappa shape index (κ3) is 5.80. The summed E-state index contributed by atoms with van der Waals surface area (Å²) in [6.07, 6.45) is 3.55. The average Bonchev–Trinajstić information content (AvgIpc) is 2.67. The van der Waals surface area contributed by atoms with Gasteiger partial charge in [-0.2, -0.15) is 0 Å². The van der Waals surface area contributed by atoms with Crippen LogP contribution in [0.5, 0.6) is 11.5 Å². The first-order valence-corrected chi connectivity index (χ1v) is 9.68. The van der Waals surface area contributed by atoms with Crippen LogP contribution in [0.4, 0.5) is 0 Å². The number of guanidine groups is 1. The summed E-state index contributed by atoms with van der Waals surface area (Å²) in [5.74, 6) is 2.36. The van der Waals surface area contributed by atoms with Gasteiger partial charge < -0.3 is 25.0 Å². The van der Waals surface area contributed by atoms with Crippen LogP contribution in [-0.4, -0.2) is 57.3 Å². The molecule has 0 unspecified atom stereocenters. The van der Waals surface area contributed by atoms with E-state index in [1.54, 1.807) is 14.2 Å². The minimum Gasteiger partial charge on any atom is -0.493 e. The zero-order valence-corrected chi connectivity index (χ0v) is 16.7. The largest absolute Gasteiger partial charge is 0.493 e. The van der Waals surface area contributed by atoms with Gasteiger partial charge in [-0.05, 0) is 38.8 Å². The lowest BCUT2D eigenvalue weighted by Crippen LogP contribution is -2.48. The van der Waals surface area contributed by atoms with E-state index in [1.165, 1.54) is 13.0 Å². The van der Waals surface area contributed by atoms with E-state index in [1.807, 2.05) is 18.2 Å². The molecule has 6 heteroatoms. The lowest BCUT2D eigenvalue weighted by Gasteiger charge is -2.32. The van der Waals surface area contributed by atoms with Gasteiger partial charge >= 0.3 is 0 Å². The molecule has 0 amide bonds. The van der Waals surface area contributed by atoms with E-state index in [2.05, 4.69) is 29.4 Å². The summed E-state index contributed by atoms with van der Waals surface area (Å²) >= 11 is 0. The summed E-state index contributed by atoms with van der Waals surface area (Å²) in [6, 6.07) is 6.38. The van der Waals surface area contributed by atoms with Crippen molar-refractivity contribution < 1.29 is 9.47 Å². The van der Waals surface area contributed by atoms with Gasteiger partial charge in [0.1, 0.15) is 0 Å². The summed E-state index contributed by atoms with van der Waals surface area (Å²) in [4.78, 5) is 7.31. The van der Waals surface area contributed by atoms with Gasteiger partial charge in [0, 0.05) is 31.2 Å². The van der Waals surface area contributed by atoms with Crippen molar-refractivity contribution in [1.29, 1.82) is 0 Å². The number of methoxy groups -OCH3 is 2. The number of rotatable bonds is 8. The van der Waals surface area contributed by atoms with Crippen LogP contribution < -0.4 is 20.1 Å². The molecule has 1 aromatic carbocycles. The molecule has 26 heavy (non-hydrogen) atoms. The van der Waals surface area contributed by atoms with Gasteiger partial charge in [-0.3, -0.25) is 0 Å². The van der Waals surface area contributed by atoms with Crippen molar-refractivity contribution in [3.8, 4) is 11.5 Å². The molecule has 0 radical (unpaired) electrons. The van der Waals surface area contributed by atoms with E-state index in [0.717, 1.165) is 55.5 Å². The van der Waals surface area contributed by atoms with E-state index < -0.39 is 0 Å². The molecule has 0 bridgehead atoms. The zero-order chi connectivity index (χ0) is 18.8. The van der Waals surface area contributed by atoms with Gasteiger partial charge in [-0.25, -0.2) is 4.99 Å². The highest BCUT2D eigenvalue weighted by molar-refractivity contribution is 5.80. The van der Waals surface area contributed by atoms with Crippen molar-refractivity contribution in [2.45, 2.75) is 45.7 Å². The van der Waals surface area contributed by atoms with Gasteiger partial charge in [0.25, 0.3) is 0 Å². The molecule has 0 spiro atoms. The number of hydrogen-bond donors (Lipinski definition) is 2. The molecule has 1 aliphatic heterocycles. The Balaban J connectivity index is 1.99. The summed E-state index contributed by atoms with van der Waals surface area (Å²) < 4.78 is 10.9. The highest BCUT2D eigenvalue weighted by atomic mass is 16.5. The number of nitrogens with zero attached hydrogens (tertiary/aromatic N) is 2. The number of ether oxygens (including phenoxy) is 2. The number of likely N-dealkylation sites (tertiary alicyclic amines) is 1. The van der Waals surface area contributed by atoms with Crippen LogP contribution in [0.3, 0.4) is 0 Å². The van der Waals surface area contributed by atoms with Crippen molar-refractivity contribution in [3.63, 3.8) is 0 Å². The predicted molar refractivity (Wildman–Crippen MR) is 107 cm³/mol. The molecule has 2 rings (SSSR count). The molecule has 1 aliphatic rings. The van der Waals surface area contributed by atoms with Crippen molar-refractivity contribution in [2.24, 2.45) is 4.99 Å². The smallest absolute Gasteiger partial charge is 0.191 e. The molecule has 0 aliphatic carbocycles. The minimum atomic E-state index is 0.480. The molecule has 146 valence electrons. The molecule has 1 aromatic rings. The molecular formula is C20H34N4O2. The van der Waals surface area contributed by atoms with E-state index in [0.29, 0.717) is 12.6 Å². The monoisotopic (exact) mass is 362 g/mol. The Morgan fingerprint density at radius 3 is 2.58 bits per heavy atom. The van der Waals surface area contributed by atoms with Gasteiger partial charge in [0.15, 0.2) is 17.5 Å². The van der Waals surface area contributed by atoms with Crippen LogP contribution in [0.25, 0.3) is 0 Å². The van der Waals surface area contributed by atoms with Gasteiger partial charge in [0.2, 0.25) is 0 Å². The highest BCUT2D eigenvalue weighted by Gasteiger charge is 2.19. The van der Waals surface area contributed by atoms with Crippen molar-refractivity contribution >= 4 is 5.96 Å². The van der Waals surface area contributed by atoms with E-state index in [-0.39, 0.29) is 0 Å². The number of hydrogen-bond acceptors (Lipinski definition) is 4. The maximum Gasteiger partial charge on any atom is 0.191 e. The van der Waals surface area contributed by atoms with Crippen molar-refractivity contribution in [2.75, 3.05) is 40.4 Å². The third-order valence-corrected chi connectivity index (χ3v) is 4.70. The summed E-state index contributed by atoms with van der Waals surface area (Å²) in [7, 11) is 3.32. The molecule has 0 atom stereocenters. The molecule has 1 fully saturated rings. The van der Waals surface area contributed by atoms with Crippen molar-refractivity contribution in [3.05, 3.63) is 23.8 Å². The second-order valence-electron chi connectivity index (χ2n) is 6.61. The topological polar surface area (TPSA) is 58.1 Å². The third-order valence-electron chi connectivity index (χ3n) is 4.70. The predicted octanol–water partition coefficient (Wildman–Crippen LogP) is 2.63. The Labute approximate surface area is 158 Å². The Kier molecular flexibility index (Phi) is 8.54. The van der Waals surface area contributed by atoms with Crippen LogP contribution in [0.15, 0.2) is 23.2 Å². The van der Waals surface area contributed by atoms with Gasteiger partial charge in [0.05, 0.1) is 20.8 Å². The van der Waals surface area contributed by atoms with E-state index in [9.17, 15) is 0 Å². The number of benzene rings is 1. The molecule has 0 aromatic heterocycles. The summed E-state index contributed by atoms with van der Waals surface area (Å²) in [6.45, 7) is 9.25. The Morgan fingerprint density at radius 1 is 1.19 bits per heavy atom. The van der Waals surface area contributed by atoms with Crippen LogP contribution in [0, 0.1) is 0 Å². The first-order valence-electron chi connectivity index (χ1n) is 9.68. The number of nitrogens with one attached hydrogen (secondary N) is 2. The molecule has 0 saturated carbocycles. The molecule has 1 saturated heterocycles. The van der Waals surface area contributed by atoms with Crippen LogP contribution >= 0.6 is 0 Å². The van der Waals surface area contributed by atoms with E-state index >= 15 is 0 Å². The number of para-hydroxylation sites is 1. The minimum absolute atomic E-state index is 0.480. The van der Waals surface area contributed by atoms with Crippen LogP contribution in [-0.2, 0) is 6.54 Å². The molecule has 6 nitrogen and oxygen atoms in total. The second kappa shape index (κ2) is 10.9. The normalized spacial score (nSPS) is 16.4. The quantitative estimate of drug-likeness (QED) is 0.550. The summed E-state index contributed by atoms with van der Waals surface area (Å²) in [5, 5.41) is 6.95. The van der Waals surface area contributed by atoms with Crippen LogP contribution in [0.2, 0.25) is 0 Å². The Bertz CT molecular complexity index is 569. The lowest BCUT2D eigenvalue weighted by atomic mass is 10.1. The Hall–Kier alpha value is -1.95. The van der Waals surface area contributed by atoms with Gasteiger partial charge in [-0.1, -0.05) is 19.1 Å². The summed E-state index contributed by atoms with van der Waals surface area (Å²) in [5.41, 5.74) is 1.02. The maximum atomic E-state index is 5.50. The Morgan fingerprint density at radius 2 is 1.96 bits per heavy atom. The second-order valence-corrected chi connectivity index (χ2v) is 6.61. The average molecular weight is 363 g/mol. The standard InChI is InChI=1S/C20H34N4O2/c1-5-12-24-13-10-17(11-14-24)23-20(21-6-2)22-15-16-8-7-9-18(25-3)19(16)26-4/h7-9,17H,5-6,10-15H2,1-4H3,(H2,21,22,23). The number of aliphatic imine (C=N–C) groups is 1. The number of piperidine rings is 1. The SMILES string of the molecule is CCCN1CCC(NC(=NCc2cccc(OC)c2OC)NCC)CC1. The lowest BCUT2D eigenvalue weighted by molar-refractivity contribution is 0.206. The fraction of sp³-hybridized carbons (Fsp3) is 0.650. The fourth-order valence-electron chi connectivity index (χ4n) is 3.37. The van der Waals surface area contributed by atoms with Gasteiger partial charge in [-0.15, -0.1) is 0 Å². The highest BCUT2D eigenvalue weighted by Crippen LogP contribution is 2.31. The first kappa shape index (κ1) is 20.4. The first-order chi connectivity index (χ1) is 12.7. The fourth-order valence-corrected chi connectivity index (χ4v) is 3.37. The maximum absolute atomic E-state index is 5.50. The zero-order valence-electron chi connectivity index (χ0n) is 16.7. The molecule has 1 heterocycles.